The minimum atomic E-state index is -3.36. The molecule has 0 aromatic heterocycles. The topological polar surface area (TPSA) is 69.7 Å². The summed E-state index contributed by atoms with van der Waals surface area (Å²) in [7, 11) is -1.31. The van der Waals surface area contributed by atoms with E-state index < -0.39 is 10.0 Å². The molecule has 31 heavy (non-hydrogen) atoms. The molecule has 0 atom stereocenters. The molecule has 0 bridgehead atoms. The molecular formula is C24H33N3O3S. The first-order valence-electron chi connectivity index (χ1n) is 10.9. The number of nitrogens with one attached hydrogen (secondary N) is 1. The van der Waals surface area contributed by atoms with Crippen molar-refractivity contribution in [3.05, 3.63) is 65.7 Å². The Bertz CT molecular complexity index is 938. The highest BCUT2D eigenvalue weighted by Crippen LogP contribution is 2.22. The van der Waals surface area contributed by atoms with Gasteiger partial charge >= 0.3 is 0 Å². The number of para-hydroxylation sites is 1. The molecule has 1 N–H and O–H groups in total. The second-order valence-electron chi connectivity index (χ2n) is 8.32. The second kappa shape index (κ2) is 10.8. The predicted octanol–water partition coefficient (Wildman–Crippen LogP) is 3.18. The van der Waals surface area contributed by atoms with E-state index in [2.05, 4.69) is 22.3 Å². The third kappa shape index (κ3) is 6.80. The lowest BCUT2D eigenvalue weighted by molar-refractivity contribution is -0.126. The number of carbonyl (C=O) groups is 1. The maximum atomic E-state index is 12.7. The fourth-order valence-corrected chi connectivity index (χ4v) is 5.43. The van der Waals surface area contributed by atoms with Gasteiger partial charge in [-0.2, -0.15) is 0 Å². The van der Waals surface area contributed by atoms with Gasteiger partial charge in [0.25, 0.3) is 0 Å². The summed E-state index contributed by atoms with van der Waals surface area (Å²) in [6.07, 6.45) is 2.01. The normalized spacial score (nSPS) is 15.5. The summed E-state index contributed by atoms with van der Waals surface area (Å²) in [5.41, 5.74) is 3.07. The molecule has 0 spiro atoms. The van der Waals surface area contributed by atoms with Gasteiger partial charge in [0.1, 0.15) is 0 Å². The van der Waals surface area contributed by atoms with E-state index in [1.807, 2.05) is 56.4 Å². The molecule has 2 aromatic rings. The molecule has 1 aliphatic rings. The van der Waals surface area contributed by atoms with Crippen molar-refractivity contribution < 1.29 is 13.2 Å². The minimum Gasteiger partial charge on any atom is -0.375 e. The Kier molecular flexibility index (Phi) is 8.09. The highest BCUT2D eigenvalue weighted by atomic mass is 32.2. The van der Waals surface area contributed by atoms with Crippen molar-refractivity contribution in [3.8, 4) is 0 Å². The van der Waals surface area contributed by atoms with Crippen molar-refractivity contribution in [1.82, 2.24) is 9.62 Å². The lowest BCUT2D eigenvalue weighted by atomic mass is 9.97. The number of sulfonamides is 1. The van der Waals surface area contributed by atoms with E-state index in [4.69, 9.17) is 0 Å². The van der Waals surface area contributed by atoms with Crippen LogP contribution in [0.4, 0.5) is 5.69 Å². The molecule has 3 rings (SSSR count). The summed E-state index contributed by atoms with van der Waals surface area (Å²) in [5, 5.41) is 3.02. The van der Waals surface area contributed by atoms with Gasteiger partial charge in [-0.15, -0.1) is 0 Å². The van der Waals surface area contributed by atoms with Crippen LogP contribution in [0, 0.1) is 12.8 Å². The summed E-state index contributed by atoms with van der Waals surface area (Å²) in [6, 6.07) is 17.7. The van der Waals surface area contributed by atoms with Crippen molar-refractivity contribution in [2.45, 2.75) is 31.9 Å². The summed E-state index contributed by atoms with van der Waals surface area (Å²) >= 11 is 0. The number of rotatable bonds is 9. The zero-order chi connectivity index (χ0) is 22.3. The molecule has 6 nitrogen and oxygen atoms in total. The van der Waals surface area contributed by atoms with Crippen molar-refractivity contribution in [1.29, 1.82) is 0 Å². The zero-order valence-corrected chi connectivity index (χ0v) is 19.3. The molecule has 0 radical (unpaired) electrons. The average molecular weight is 444 g/mol. The number of amides is 1. The van der Waals surface area contributed by atoms with E-state index in [0.717, 1.165) is 29.8 Å². The SMILES string of the molecule is Cc1ccc(CS(=O)(=O)N2CCC(C(=O)NCCCN(C)c3ccccc3)CC2)cc1. The van der Waals surface area contributed by atoms with Gasteiger partial charge in [-0.1, -0.05) is 48.0 Å². The molecule has 1 aliphatic heterocycles. The standard InChI is InChI=1S/C24H33N3O3S/c1-20-9-11-21(12-10-20)19-31(29,30)27-17-13-22(14-18-27)24(28)25-15-6-16-26(2)23-7-4-3-5-8-23/h3-5,7-12,22H,6,13-19H2,1-2H3,(H,25,28). The highest BCUT2D eigenvalue weighted by Gasteiger charge is 2.31. The van der Waals surface area contributed by atoms with E-state index in [1.54, 1.807) is 0 Å². The molecule has 1 saturated heterocycles. The van der Waals surface area contributed by atoms with Gasteiger partial charge in [0.2, 0.25) is 15.9 Å². The molecule has 2 aromatic carbocycles. The Labute approximate surface area is 186 Å². The van der Waals surface area contributed by atoms with E-state index in [0.29, 0.717) is 32.5 Å². The van der Waals surface area contributed by atoms with Gasteiger partial charge in [-0.25, -0.2) is 12.7 Å². The molecule has 0 unspecified atom stereocenters. The highest BCUT2D eigenvalue weighted by molar-refractivity contribution is 7.88. The van der Waals surface area contributed by atoms with Crippen LogP contribution in [0.25, 0.3) is 0 Å². The largest absolute Gasteiger partial charge is 0.375 e. The molecule has 168 valence electrons. The molecule has 0 aliphatic carbocycles. The lowest BCUT2D eigenvalue weighted by Crippen LogP contribution is -2.43. The van der Waals surface area contributed by atoms with Crippen LogP contribution in [0.2, 0.25) is 0 Å². The number of nitrogens with zero attached hydrogens (tertiary/aromatic N) is 2. The Morgan fingerprint density at radius 1 is 1.06 bits per heavy atom. The van der Waals surface area contributed by atoms with Crippen molar-refractivity contribution >= 4 is 21.6 Å². The van der Waals surface area contributed by atoms with Crippen molar-refractivity contribution in [2.75, 3.05) is 38.1 Å². The van der Waals surface area contributed by atoms with E-state index in [1.165, 1.54) is 4.31 Å². The number of benzene rings is 2. The molecular weight excluding hydrogens is 410 g/mol. The first-order valence-corrected chi connectivity index (χ1v) is 12.5. The maximum Gasteiger partial charge on any atom is 0.223 e. The Morgan fingerprint density at radius 2 is 1.71 bits per heavy atom. The fourth-order valence-electron chi connectivity index (χ4n) is 3.87. The van der Waals surface area contributed by atoms with Gasteiger partial charge in [-0.3, -0.25) is 4.79 Å². The van der Waals surface area contributed by atoms with Crippen molar-refractivity contribution in [3.63, 3.8) is 0 Å². The lowest BCUT2D eigenvalue weighted by Gasteiger charge is -2.30. The van der Waals surface area contributed by atoms with E-state index >= 15 is 0 Å². The zero-order valence-electron chi connectivity index (χ0n) is 18.5. The number of anilines is 1. The first kappa shape index (κ1) is 23.3. The predicted molar refractivity (Wildman–Crippen MR) is 125 cm³/mol. The molecule has 1 heterocycles. The number of piperidine rings is 1. The smallest absolute Gasteiger partial charge is 0.223 e. The average Bonchev–Trinajstić information content (AvgIpc) is 2.78. The van der Waals surface area contributed by atoms with Crippen LogP contribution in [-0.2, 0) is 20.6 Å². The summed E-state index contributed by atoms with van der Waals surface area (Å²) in [5.74, 6) is -0.0605. The van der Waals surface area contributed by atoms with Crippen LogP contribution in [0.1, 0.15) is 30.4 Å². The minimum absolute atomic E-state index is 0.0130. The van der Waals surface area contributed by atoms with Crippen LogP contribution < -0.4 is 10.2 Å². The van der Waals surface area contributed by atoms with E-state index in [-0.39, 0.29) is 17.6 Å². The van der Waals surface area contributed by atoms with Gasteiger partial charge < -0.3 is 10.2 Å². The molecule has 0 saturated carbocycles. The number of aryl methyl sites for hydroxylation is 1. The van der Waals surface area contributed by atoms with Crippen molar-refractivity contribution in [2.24, 2.45) is 5.92 Å². The number of hydrogen-bond donors (Lipinski definition) is 1. The van der Waals surface area contributed by atoms with Crippen LogP contribution >= 0.6 is 0 Å². The molecule has 1 fully saturated rings. The fraction of sp³-hybridized carbons (Fsp3) is 0.458. The Hall–Kier alpha value is -2.38. The third-order valence-corrected chi connectivity index (χ3v) is 7.70. The van der Waals surface area contributed by atoms with Gasteiger partial charge in [-0.05, 0) is 43.9 Å². The third-order valence-electron chi connectivity index (χ3n) is 5.85. The van der Waals surface area contributed by atoms with Gasteiger partial charge in [0, 0.05) is 44.8 Å². The summed E-state index contributed by atoms with van der Waals surface area (Å²) in [6.45, 7) is 4.28. The quantitative estimate of drug-likeness (QED) is 0.605. The summed E-state index contributed by atoms with van der Waals surface area (Å²) in [4.78, 5) is 14.7. The van der Waals surface area contributed by atoms with Crippen LogP contribution in [-0.4, -0.2) is 51.9 Å². The maximum absolute atomic E-state index is 12.7. The number of carbonyl (C=O) groups excluding carboxylic acids is 1. The Morgan fingerprint density at radius 3 is 2.35 bits per heavy atom. The molecule has 7 heteroatoms. The van der Waals surface area contributed by atoms with Crippen LogP contribution in [0.15, 0.2) is 54.6 Å². The van der Waals surface area contributed by atoms with Gasteiger partial charge in [0.15, 0.2) is 0 Å². The monoisotopic (exact) mass is 443 g/mol. The summed E-state index contributed by atoms with van der Waals surface area (Å²) < 4.78 is 27.0. The molecule has 1 amide bonds. The van der Waals surface area contributed by atoms with Crippen LogP contribution in [0.5, 0.6) is 0 Å². The Balaban J connectivity index is 1.38. The first-order chi connectivity index (χ1) is 14.8. The van der Waals surface area contributed by atoms with E-state index in [9.17, 15) is 13.2 Å². The van der Waals surface area contributed by atoms with Crippen LogP contribution in [0.3, 0.4) is 0 Å². The van der Waals surface area contributed by atoms with Gasteiger partial charge in [0.05, 0.1) is 5.75 Å². The number of hydrogen-bond acceptors (Lipinski definition) is 4. The second-order valence-corrected chi connectivity index (χ2v) is 10.3.